The molecule has 0 fully saturated rings. The second kappa shape index (κ2) is 9.53. The zero-order chi connectivity index (χ0) is 18.2. The van der Waals surface area contributed by atoms with E-state index < -0.39 is 6.10 Å². The highest BCUT2D eigenvalue weighted by Crippen LogP contribution is 2.19. The highest BCUT2D eigenvalue weighted by Gasteiger charge is 2.14. The van der Waals surface area contributed by atoms with Crippen LogP contribution in [0, 0.1) is 6.92 Å². The summed E-state index contributed by atoms with van der Waals surface area (Å²) in [6, 6.07) is 24.3. The number of para-hydroxylation sites is 1. The molecule has 0 aliphatic rings. The monoisotopic (exact) mass is 367 g/mol. The molecule has 0 spiro atoms. The number of hydrogen-bond acceptors (Lipinski definition) is 4. The molecular formula is C22H25NO2S. The first-order chi connectivity index (χ1) is 12.7. The van der Waals surface area contributed by atoms with Crippen LogP contribution in [0.4, 0.5) is 0 Å². The molecule has 2 aromatic carbocycles. The van der Waals surface area contributed by atoms with Crippen LogP contribution in [0.25, 0.3) is 0 Å². The first-order valence-electron chi connectivity index (χ1n) is 8.86. The molecule has 0 bridgehead atoms. The fraction of sp³-hybridized carbons (Fsp3) is 0.273. The van der Waals surface area contributed by atoms with Gasteiger partial charge in [-0.15, -0.1) is 11.3 Å². The van der Waals surface area contributed by atoms with Crippen LogP contribution in [-0.2, 0) is 13.1 Å². The smallest absolute Gasteiger partial charge is 0.119 e. The summed E-state index contributed by atoms with van der Waals surface area (Å²) in [5.74, 6) is 0.787. The van der Waals surface area contributed by atoms with E-state index in [-0.39, 0.29) is 0 Å². The summed E-state index contributed by atoms with van der Waals surface area (Å²) in [6.45, 7) is 4.62. The van der Waals surface area contributed by atoms with Crippen LogP contribution in [-0.4, -0.2) is 29.3 Å². The van der Waals surface area contributed by atoms with Crippen LogP contribution < -0.4 is 4.74 Å². The van der Waals surface area contributed by atoms with E-state index in [1.165, 1.54) is 15.3 Å². The van der Waals surface area contributed by atoms with Crippen LogP contribution in [0.3, 0.4) is 0 Å². The topological polar surface area (TPSA) is 32.7 Å². The van der Waals surface area contributed by atoms with Crippen LogP contribution in [0.15, 0.2) is 72.8 Å². The van der Waals surface area contributed by atoms with Crippen LogP contribution in [0.1, 0.15) is 15.3 Å². The summed E-state index contributed by atoms with van der Waals surface area (Å²) in [5.41, 5.74) is 1.25. The number of benzene rings is 2. The molecule has 1 unspecified atom stereocenters. The van der Waals surface area contributed by atoms with E-state index in [0.717, 1.165) is 18.8 Å². The van der Waals surface area contributed by atoms with Gasteiger partial charge in [0.05, 0.1) is 0 Å². The van der Waals surface area contributed by atoms with Crippen LogP contribution in [0.5, 0.6) is 5.75 Å². The summed E-state index contributed by atoms with van der Waals surface area (Å²) in [6.07, 6.45) is -0.542. The molecule has 136 valence electrons. The molecule has 1 N–H and O–H groups in total. The van der Waals surface area contributed by atoms with Crippen molar-refractivity contribution in [2.45, 2.75) is 26.1 Å². The Kier molecular flexibility index (Phi) is 6.83. The van der Waals surface area contributed by atoms with E-state index in [1.54, 1.807) is 0 Å². The van der Waals surface area contributed by atoms with E-state index in [2.05, 4.69) is 48.2 Å². The molecule has 1 heterocycles. The standard InChI is InChI=1S/C22H25NO2S/c1-18-12-13-22(26-18)16-23(14-19-8-4-2-5-9-19)15-20(24)17-25-21-10-6-3-7-11-21/h2-13,20,24H,14-17H2,1H3. The number of aryl methyl sites for hydroxylation is 1. The molecule has 26 heavy (non-hydrogen) atoms. The average molecular weight is 368 g/mol. The van der Waals surface area contributed by atoms with E-state index in [9.17, 15) is 5.11 Å². The van der Waals surface area contributed by atoms with Gasteiger partial charge in [0.15, 0.2) is 0 Å². The maximum absolute atomic E-state index is 10.5. The third kappa shape index (κ3) is 5.99. The lowest BCUT2D eigenvalue weighted by Crippen LogP contribution is -2.34. The van der Waals surface area contributed by atoms with Gasteiger partial charge in [0.2, 0.25) is 0 Å². The Labute approximate surface area is 159 Å². The quantitative estimate of drug-likeness (QED) is 0.604. The first kappa shape index (κ1) is 18.6. The molecule has 3 nitrogen and oxygen atoms in total. The molecular weight excluding hydrogens is 342 g/mol. The van der Waals surface area contributed by atoms with Gasteiger partial charge in [-0.25, -0.2) is 0 Å². The summed E-state index contributed by atoms with van der Waals surface area (Å²) < 4.78 is 5.70. The van der Waals surface area contributed by atoms with Crippen molar-refractivity contribution in [1.82, 2.24) is 4.90 Å². The molecule has 0 aliphatic carbocycles. The molecule has 0 saturated heterocycles. The Morgan fingerprint density at radius 3 is 2.27 bits per heavy atom. The van der Waals surface area contributed by atoms with Gasteiger partial charge in [0.1, 0.15) is 18.5 Å². The van der Waals surface area contributed by atoms with Gasteiger partial charge in [0.25, 0.3) is 0 Å². The largest absolute Gasteiger partial charge is 0.491 e. The molecule has 3 rings (SSSR count). The molecule has 1 aromatic heterocycles. The zero-order valence-corrected chi connectivity index (χ0v) is 15.9. The average Bonchev–Trinajstić information content (AvgIpc) is 3.06. The lowest BCUT2D eigenvalue weighted by atomic mass is 10.2. The molecule has 0 radical (unpaired) electrons. The Hall–Kier alpha value is -2.14. The number of ether oxygens (including phenoxy) is 1. The number of hydrogen-bond donors (Lipinski definition) is 1. The Morgan fingerprint density at radius 2 is 1.62 bits per heavy atom. The molecule has 4 heteroatoms. The van der Waals surface area contributed by atoms with Gasteiger partial charge in [-0.1, -0.05) is 48.5 Å². The summed E-state index contributed by atoms with van der Waals surface area (Å²) in [7, 11) is 0. The number of nitrogens with zero attached hydrogens (tertiary/aromatic N) is 1. The van der Waals surface area contributed by atoms with E-state index >= 15 is 0 Å². The van der Waals surface area contributed by atoms with Crippen molar-refractivity contribution in [3.63, 3.8) is 0 Å². The number of aliphatic hydroxyl groups excluding tert-OH is 1. The minimum absolute atomic E-state index is 0.290. The predicted octanol–water partition coefficient (Wildman–Crippen LogP) is 4.50. The van der Waals surface area contributed by atoms with Gasteiger partial charge in [-0.05, 0) is 36.8 Å². The molecule has 0 aliphatic heterocycles. The van der Waals surface area contributed by atoms with Gasteiger partial charge in [-0.2, -0.15) is 0 Å². The molecule has 3 aromatic rings. The predicted molar refractivity (Wildman–Crippen MR) is 108 cm³/mol. The Morgan fingerprint density at radius 1 is 0.923 bits per heavy atom. The third-order valence-electron chi connectivity index (χ3n) is 4.08. The maximum atomic E-state index is 10.5. The Bertz CT molecular complexity index is 773. The SMILES string of the molecule is Cc1ccc(CN(Cc2ccccc2)CC(O)COc2ccccc2)s1. The lowest BCUT2D eigenvalue weighted by molar-refractivity contribution is 0.0632. The van der Waals surface area contributed by atoms with Gasteiger partial charge >= 0.3 is 0 Å². The minimum atomic E-state index is -0.542. The Balaban J connectivity index is 1.60. The van der Waals surface area contributed by atoms with Crippen molar-refractivity contribution in [3.05, 3.63) is 88.1 Å². The van der Waals surface area contributed by atoms with Crippen molar-refractivity contribution in [2.24, 2.45) is 0 Å². The van der Waals surface area contributed by atoms with Crippen molar-refractivity contribution < 1.29 is 9.84 Å². The summed E-state index contributed by atoms with van der Waals surface area (Å²) in [4.78, 5) is 4.90. The van der Waals surface area contributed by atoms with E-state index in [1.807, 2.05) is 47.7 Å². The molecule has 0 amide bonds. The minimum Gasteiger partial charge on any atom is -0.491 e. The van der Waals surface area contributed by atoms with Crippen molar-refractivity contribution in [2.75, 3.05) is 13.2 Å². The van der Waals surface area contributed by atoms with Crippen molar-refractivity contribution in [1.29, 1.82) is 0 Å². The number of aliphatic hydroxyl groups is 1. The highest BCUT2D eigenvalue weighted by atomic mass is 32.1. The highest BCUT2D eigenvalue weighted by molar-refractivity contribution is 7.11. The maximum Gasteiger partial charge on any atom is 0.119 e. The van der Waals surface area contributed by atoms with E-state index in [0.29, 0.717) is 13.2 Å². The number of thiophene rings is 1. The third-order valence-corrected chi connectivity index (χ3v) is 5.06. The second-order valence-corrected chi connectivity index (χ2v) is 7.82. The lowest BCUT2D eigenvalue weighted by Gasteiger charge is -2.25. The fourth-order valence-corrected chi connectivity index (χ4v) is 3.81. The normalized spacial score (nSPS) is 12.3. The second-order valence-electron chi connectivity index (χ2n) is 6.45. The first-order valence-corrected chi connectivity index (χ1v) is 9.68. The fourth-order valence-electron chi connectivity index (χ4n) is 2.88. The van der Waals surface area contributed by atoms with Gasteiger partial charge < -0.3 is 9.84 Å². The summed E-state index contributed by atoms with van der Waals surface area (Å²) >= 11 is 1.81. The zero-order valence-electron chi connectivity index (χ0n) is 15.0. The van der Waals surface area contributed by atoms with Crippen molar-refractivity contribution >= 4 is 11.3 Å². The number of rotatable bonds is 9. The molecule has 1 atom stereocenters. The van der Waals surface area contributed by atoms with Gasteiger partial charge in [-0.3, -0.25) is 4.90 Å². The van der Waals surface area contributed by atoms with Crippen LogP contribution in [0.2, 0.25) is 0 Å². The van der Waals surface area contributed by atoms with Crippen LogP contribution >= 0.6 is 11.3 Å². The molecule has 0 saturated carbocycles. The van der Waals surface area contributed by atoms with Gasteiger partial charge in [0, 0.05) is 29.4 Å². The van der Waals surface area contributed by atoms with E-state index in [4.69, 9.17) is 4.74 Å². The summed E-state index contributed by atoms with van der Waals surface area (Å²) in [5, 5.41) is 10.5. The van der Waals surface area contributed by atoms with Crippen molar-refractivity contribution in [3.8, 4) is 5.75 Å².